The highest BCUT2D eigenvalue weighted by atomic mass is 32.2. The van der Waals surface area contributed by atoms with E-state index in [1.165, 1.54) is 24.3 Å². The first-order valence-corrected chi connectivity index (χ1v) is 9.86. The van der Waals surface area contributed by atoms with Crippen molar-refractivity contribution >= 4 is 27.6 Å². The number of anilines is 1. The number of esters is 1. The van der Waals surface area contributed by atoms with E-state index in [9.17, 15) is 18.0 Å². The van der Waals surface area contributed by atoms with Crippen LogP contribution in [0.1, 0.15) is 21.5 Å². The van der Waals surface area contributed by atoms with E-state index in [1.807, 2.05) is 19.9 Å². The van der Waals surface area contributed by atoms with Crippen molar-refractivity contribution in [3.63, 3.8) is 0 Å². The number of hydrogen-bond acceptors (Lipinski definition) is 6. The maximum absolute atomic E-state index is 12.6. The van der Waals surface area contributed by atoms with Gasteiger partial charge < -0.3 is 15.2 Å². The molecule has 0 fully saturated rings. The molecule has 0 heterocycles. The van der Waals surface area contributed by atoms with Gasteiger partial charge in [-0.25, -0.2) is 13.2 Å². The van der Waals surface area contributed by atoms with E-state index in [1.54, 1.807) is 12.1 Å². The standard InChI is InChI=1S/C19H22N2O6S/c1-12-5-4-6-16(13(12)2)21-28(25,26)15-9-7-14(8-10-15)18(23)20-17(11-22)19(24)27-3/h4-10,17,21-22H,11H2,1-3H3,(H,20,23)/t17-/m1/s1. The van der Waals surface area contributed by atoms with Crippen LogP contribution in [0.4, 0.5) is 5.69 Å². The number of aliphatic hydroxyl groups is 1. The second kappa shape index (κ2) is 8.85. The summed E-state index contributed by atoms with van der Waals surface area (Å²) in [5.74, 6) is -1.43. The van der Waals surface area contributed by atoms with E-state index in [0.29, 0.717) is 5.69 Å². The second-order valence-electron chi connectivity index (χ2n) is 6.11. The van der Waals surface area contributed by atoms with Crippen LogP contribution in [0.25, 0.3) is 0 Å². The first-order chi connectivity index (χ1) is 13.2. The molecule has 0 bridgehead atoms. The predicted octanol–water partition coefficient (Wildman–Crippen LogP) is 1.37. The summed E-state index contributed by atoms with van der Waals surface area (Å²) in [6, 6.07) is 9.32. The molecule has 9 heteroatoms. The number of rotatable bonds is 7. The molecule has 0 saturated heterocycles. The number of amides is 1. The summed E-state index contributed by atoms with van der Waals surface area (Å²) < 4.78 is 32.2. The van der Waals surface area contributed by atoms with E-state index in [-0.39, 0.29) is 10.5 Å². The van der Waals surface area contributed by atoms with Crippen LogP contribution in [0.15, 0.2) is 47.4 Å². The number of aryl methyl sites for hydroxylation is 1. The monoisotopic (exact) mass is 406 g/mol. The molecule has 0 radical (unpaired) electrons. The fourth-order valence-electron chi connectivity index (χ4n) is 2.41. The molecular weight excluding hydrogens is 384 g/mol. The predicted molar refractivity (Wildman–Crippen MR) is 104 cm³/mol. The fraction of sp³-hybridized carbons (Fsp3) is 0.263. The molecule has 0 saturated carbocycles. The summed E-state index contributed by atoms with van der Waals surface area (Å²) in [6.45, 7) is 3.08. The summed E-state index contributed by atoms with van der Waals surface area (Å²) >= 11 is 0. The Balaban J connectivity index is 2.17. The minimum absolute atomic E-state index is 0.0170. The Morgan fingerprint density at radius 1 is 1.11 bits per heavy atom. The van der Waals surface area contributed by atoms with Crippen LogP contribution in [0.5, 0.6) is 0 Å². The van der Waals surface area contributed by atoms with Gasteiger partial charge in [0.15, 0.2) is 6.04 Å². The Bertz CT molecular complexity index is 970. The number of hydrogen-bond donors (Lipinski definition) is 3. The van der Waals surface area contributed by atoms with Crippen molar-refractivity contribution < 1.29 is 27.9 Å². The lowest BCUT2D eigenvalue weighted by molar-refractivity contribution is -0.143. The Hall–Kier alpha value is -2.91. The number of carbonyl (C=O) groups is 2. The topological polar surface area (TPSA) is 122 Å². The van der Waals surface area contributed by atoms with Crippen molar-refractivity contribution in [1.29, 1.82) is 0 Å². The van der Waals surface area contributed by atoms with Crippen LogP contribution in [0.2, 0.25) is 0 Å². The van der Waals surface area contributed by atoms with Crippen molar-refractivity contribution in [2.45, 2.75) is 24.8 Å². The van der Waals surface area contributed by atoms with E-state index < -0.39 is 34.5 Å². The van der Waals surface area contributed by atoms with Gasteiger partial charge in [0, 0.05) is 5.56 Å². The molecule has 3 N–H and O–H groups in total. The Morgan fingerprint density at radius 2 is 1.75 bits per heavy atom. The van der Waals surface area contributed by atoms with Gasteiger partial charge in [-0.1, -0.05) is 12.1 Å². The van der Waals surface area contributed by atoms with Gasteiger partial charge in [0.25, 0.3) is 15.9 Å². The fourth-order valence-corrected chi connectivity index (χ4v) is 3.54. The number of sulfonamides is 1. The van der Waals surface area contributed by atoms with Gasteiger partial charge in [0.1, 0.15) is 0 Å². The Morgan fingerprint density at radius 3 is 2.32 bits per heavy atom. The van der Waals surface area contributed by atoms with Crippen LogP contribution in [0.3, 0.4) is 0 Å². The number of benzene rings is 2. The third-order valence-electron chi connectivity index (χ3n) is 4.25. The molecule has 150 valence electrons. The third-order valence-corrected chi connectivity index (χ3v) is 5.63. The maximum atomic E-state index is 12.6. The van der Waals surface area contributed by atoms with E-state index in [0.717, 1.165) is 18.2 Å². The largest absolute Gasteiger partial charge is 0.467 e. The van der Waals surface area contributed by atoms with Crippen LogP contribution < -0.4 is 10.0 Å². The summed E-state index contributed by atoms with van der Waals surface area (Å²) in [4.78, 5) is 23.6. The molecule has 0 aliphatic carbocycles. The average Bonchev–Trinajstić information content (AvgIpc) is 2.68. The summed E-state index contributed by atoms with van der Waals surface area (Å²) in [5, 5.41) is 11.5. The number of methoxy groups -OCH3 is 1. The van der Waals surface area contributed by atoms with Crippen molar-refractivity contribution in [2.75, 3.05) is 18.4 Å². The summed E-state index contributed by atoms with van der Waals surface area (Å²) in [7, 11) is -2.70. The maximum Gasteiger partial charge on any atom is 0.330 e. The van der Waals surface area contributed by atoms with Crippen LogP contribution in [0, 0.1) is 13.8 Å². The van der Waals surface area contributed by atoms with Gasteiger partial charge in [0.05, 0.1) is 24.3 Å². The van der Waals surface area contributed by atoms with E-state index >= 15 is 0 Å². The van der Waals surface area contributed by atoms with Crippen LogP contribution in [-0.4, -0.2) is 45.2 Å². The van der Waals surface area contributed by atoms with Gasteiger partial charge in [-0.3, -0.25) is 9.52 Å². The molecule has 2 aromatic carbocycles. The SMILES string of the molecule is COC(=O)[C@@H](CO)NC(=O)c1ccc(S(=O)(=O)Nc2cccc(C)c2C)cc1. The van der Waals surface area contributed by atoms with Gasteiger partial charge in [-0.15, -0.1) is 0 Å². The molecule has 0 spiro atoms. The highest BCUT2D eigenvalue weighted by Gasteiger charge is 2.22. The summed E-state index contributed by atoms with van der Waals surface area (Å²) in [6.07, 6.45) is 0. The van der Waals surface area contributed by atoms with Crippen molar-refractivity contribution in [3.05, 3.63) is 59.2 Å². The lowest BCUT2D eigenvalue weighted by Gasteiger charge is -2.14. The zero-order valence-corrected chi connectivity index (χ0v) is 16.5. The molecule has 2 aromatic rings. The van der Waals surface area contributed by atoms with Crippen molar-refractivity contribution in [1.82, 2.24) is 5.32 Å². The molecule has 0 unspecified atom stereocenters. The molecule has 2 rings (SSSR count). The number of carbonyl (C=O) groups excluding carboxylic acids is 2. The number of ether oxygens (including phenoxy) is 1. The normalized spacial score (nSPS) is 12.1. The van der Waals surface area contributed by atoms with Gasteiger partial charge >= 0.3 is 5.97 Å². The highest BCUT2D eigenvalue weighted by molar-refractivity contribution is 7.92. The summed E-state index contributed by atoms with van der Waals surface area (Å²) in [5.41, 5.74) is 2.38. The van der Waals surface area contributed by atoms with E-state index in [4.69, 9.17) is 5.11 Å². The molecule has 8 nitrogen and oxygen atoms in total. The second-order valence-corrected chi connectivity index (χ2v) is 7.79. The number of aliphatic hydroxyl groups excluding tert-OH is 1. The Labute approximate surface area is 163 Å². The average molecular weight is 406 g/mol. The Kier molecular flexibility index (Phi) is 6.76. The van der Waals surface area contributed by atoms with Crippen molar-refractivity contribution in [3.8, 4) is 0 Å². The van der Waals surface area contributed by atoms with Gasteiger partial charge in [-0.05, 0) is 55.3 Å². The van der Waals surface area contributed by atoms with Crippen LogP contribution >= 0.6 is 0 Å². The first-order valence-electron chi connectivity index (χ1n) is 8.38. The lowest BCUT2D eigenvalue weighted by Crippen LogP contribution is -2.44. The third kappa shape index (κ3) is 4.87. The van der Waals surface area contributed by atoms with Crippen LogP contribution in [-0.2, 0) is 19.6 Å². The van der Waals surface area contributed by atoms with Crippen molar-refractivity contribution in [2.24, 2.45) is 0 Å². The molecule has 0 aliphatic heterocycles. The zero-order valence-electron chi connectivity index (χ0n) is 15.7. The highest BCUT2D eigenvalue weighted by Crippen LogP contribution is 2.22. The molecule has 1 amide bonds. The first kappa shape index (κ1) is 21.4. The molecule has 28 heavy (non-hydrogen) atoms. The quantitative estimate of drug-likeness (QED) is 0.597. The molecule has 1 atom stereocenters. The minimum Gasteiger partial charge on any atom is -0.467 e. The lowest BCUT2D eigenvalue weighted by atomic mass is 10.1. The van der Waals surface area contributed by atoms with Gasteiger partial charge in [-0.2, -0.15) is 0 Å². The minimum atomic E-state index is -3.84. The molecular formula is C19H22N2O6S. The zero-order chi connectivity index (χ0) is 20.9. The smallest absolute Gasteiger partial charge is 0.330 e. The van der Waals surface area contributed by atoms with E-state index in [2.05, 4.69) is 14.8 Å². The molecule has 0 aliphatic rings. The molecule has 0 aromatic heterocycles. The number of nitrogens with one attached hydrogen (secondary N) is 2. The van der Waals surface area contributed by atoms with Gasteiger partial charge in [0.2, 0.25) is 0 Å².